The molecule has 0 fully saturated rings. The Morgan fingerprint density at radius 1 is 1.14 bits per heavy atom. The highest BCUT2D eigenvalue weighted by atomic mass is 79.9. The van der Waals surface area contributed by atoms with Crippen LogP contribution in [0.1, 0.15) is 0 Å². The van der Waals surface area contributed by atoms with Gasteiger partial charge in [0.25, 0.3) is 0 Å². The second-order valence-electron chi connectivity index (χ2n) is 2.76. The zero-order valence-electron chi connectivity index (χ0n) is 7.01. The smallest absolute Gasteiger partial charge is 0.238 e. The van der Waals surface area contributed by atoms with Crippen molar-refractivity contribution in [2.45, 2.75) is 4.90 Å². The topological polar surface area (TPSA) is 47.0 Å². The number of fused-ring (bicyclic) bond motifs is 1. The molecule has 0 atom stereocenters. The maximum absolute atomic E-state index is 11.3. The normalized spacial score (nSPS) is 11.8. The number of benzene rings is 1. The van der Waals surface area contributed by atoms with E-state index in [1.165, 1.54) is 0 Å². The van der Waals surface area contributed by atoms with Crippen molar-refractivity contribution >= 4 is 34.0 Å². The van der Waals surface area contributed by atoms with E-state index in [0.29, 0.717) is 10.9 Å². The standard InChI is InChI=1S/C9H6BrNO2S/c10-14(12,13)9-5-1-4-8-7(9)3-2-6-11-8/h1-6H. The molecular formula is C9H6BrNO2S. The van der Waals surface area contributed by atoms with E-state index in [0.717, 1.165) is 0 Å². The van der Waals surface area contributed by atoms with Crippen molar-refractivity contribution in [1.82, 2.24) is 4.98 Å². The molecule has 0 N–H and O–H groups in total. The van der Waals surface area contributed by atoms with Crippen LogP contribution >= 0.6 is 14.8 Å². The first kappa shape index (κ1) is 9.61. The molecule has 14 heavy (non-hydrogen) atoms. The lowest BCUT2D eigenvalue weighted by Gasteiger charge is -2.01. The molecule has 1 aromatic carbocycles. The summed E-state index contributed by atoms with van der Waals surface area (Å²) in [5.74, 6) is 0. The molecule has 0 saturated carbocycles. The van der Waals surface area contributed by atoms with Gasteiger partial charge in [0.05, 0.1) is 25.2 Å². The van der Waals surface area contributed by atoms with Crippen LogP contribution in [0, 0.1) is 0 Å². The lowest BCUT2D eigenvalue weighted by Crippen LogP contribution is -1.91. The Bertz CT molecular complexity index is 575. The molecule has 0 unspecified atom stereocenters. The van der Waals surface area contributed by atoms with Gasteiger partial charge >= 0.3 is 0 Å². The summed E-state index contributed by atoms with van der Waals surface area (Å²) in [6, 6.07) is 8.44. The maximum Gasteiger partial charge on any atom is 0.238 e. The third-order valence-corrected chi connectivity index (χ3v) is 3.80. The van der Waals surface area contributed by atoms with Crippen molar-refractivity contribution in [3.05, 3.63) is 36.5 Å². The SMILES string of the molecule is O=S(=O)(Br)c1cccc2ncccc12. The highest BCUT2D eigenvalue weighted by molar-refractivity contribution is 9.47. The monoisotopic (exact) mass is 271 g/mol. The summed E-state index contributed by atoms with van der Waals surface area (Å²) < 4.78 is 22.7. The van der Waals surface area contributed by atoms with Crippen molar-refractivity contribution < 1.29 is 8.42 Å². The summed E-state index contributed by atoms with van der Waals surface area (Å²) >= 11 is 2.65. The number of hydrogen-bond acceptors (Lipinski definition) is 3. The van der Waals surface area contributed by atoms with Gasteiger partial charge in [-0.2, -0.15) is 0 Å². The Balaban J connectivity index is 2.92. The van der Waals surface area contributed by atoms with E-state index in [9.17, 15) is 8.42 Å². The molecule has 1 aromatic heterocycles. The Hall–Kier alpha value is -0.940. The molecule has 0 bridgehead atoms. The van der Waals surface area contributed by atoms with E-state index in [-0.39, 0.29) is 4.90 Å². The van der Waals surface area contributed by atoms with Crippen molar-refractivity contribution in [3.8, 4) is 0 Å². The predicted molar refractivity (Wildman–Crippen MR) is 57.9 cm³/mol. The molecule has 2 aromatic rings. The Morgan fingerprint density at radius 3 is 2.64 bits per heavy atom. The summed E-state index contributed by atoms with van der Waals surface area (Å²) in [5, 5.41) is 0.631. The minimum Gasteiger partial charge on any atom is -0.256 e. The summed E-state index contributed by atoms with van der Waals surface area (Å²) in [6.07, 6.45) is 1.63. The number of aromatic nitrogens is 1. The van der Waals surface area contributed by atoms with E-state index in [2.05, 4.69) is 19.8 Å². The molecule has 0 aliphatic heterocycles. The molecule has 3 nitrogen and oxygen atoms in total. The Morgan fingerprint density at radius 2 is 1.93 bits per heavy atom. The highest BCUT2D eigenvalue weighted by Gasteiger charge is 2.12. The maximum atomic E-state index is 11.3. The third-order valence-electron chi connectivity index (χ3n) is 1.87. The van der Waals surface area contributed by atoms with Crippen LogP contribution < -0.4 is 0 Å². The van der Waals surface area contributed by atoms with Gasteiger partial charge in [-0.3, -0.25) is 4.98 Å². The molecule has 0 saturated heterocycles. The first-order valence-corrected chi connectivity index (χ1v) is 7.20. The van der Waals surface area contributed by atoms with Gasteiger partial charge in [0.2, 0.25) is 8.27 Å². The van der Waals surface area contributed by atoms with Crippen LogP contribution in [0.15, 0.2) is 41.4 Å². The number of hydrogen-bond donors (Lipinski definition) is 0. The molecule has 0 spiro atoms. The van der Waals surface area contributed by atoms with Crippen molar-refractivity contribution in [2.24, 2.45) is 0 Å². The van der Waals surface area contributed by atoms with Crippen LogP contribution in [0.2, 0.25) is 0 Å². The molecule has 2 rings (SSSR count). The van der Waals surface area contributed by atoms with Gasteiger partial charge in [0, 0.05) is 11.6 Å². The number of rotatable bonds is 1. The highest BCUT2D eigenvalue weighted by Crippen LogP contribution is 2.24. The Labute approximate surface area is 88.9 Å². The van der Waals surface area contributed by atoms with Gasteiger partial charge in [-0.1, -0.05) is 6.07 Å². The van der Waals surface area contributed by atoms with Gasteiger partial charge in [-0.05, 0) is 24.3 Å². The largest absolute Gasteiger partial charge is 0.256 e. The third kappa shape index (κ3) is 1.65. The second-order valence-corrected chi connectivity index (χ2v) is 6.64. The summed E-state index contributed by atoms with van der Waals surface area (Å²) in [5.41, 5.74) is 0.674. The first-order valence-electron chi connectivity index (χ1n) is 3.87. The fourth-order valence-electron chi connectivity index (χ4n) is 1.29. The van der Waals surface area contributed by atoms with Crippen LogP contribution in [0.4, 0.5) is 0 Å². The molecule has 1 heterocycles. The minimum absolute atomic E-state index is 0.253. The van der Waals surface area contributed by atoms with Crippen LogP contribution in [0.25, 0.3) is 10.9 Å². The lowest BCUT2D eigenvalue weighted by molar-refractivity contribution is 0.612. The van der Waals surface area contributed by atoms with Gasteiger partial charge in [0.1, 0.15) is 0 Å². The molecule has 0 aliphatic carbocycles. The van der Waals surface area contributed by atoms with Gasteiger partial charge in [0.15, 0.2) is 0 Å². The summed E-state index contributed by atoms with van der Waals surface area (Å²) in [6.45, 7) is 0. The lowest BCUT2D eigenvalue weighted by atomic mass is 10.2. The van der Waals surface area contributed by atoms with Crippen LogP contribution in [-0.2, 0) is 8.27 Å². The zero-order valence-corrected chi connectivity index (χ0v) is 9.42. The van der Waals surface area contributed by atoms with E-state index in [4.69, 9.17) is 0 Å². The molecule has 0 amide bonds. The summed E-state index contributed by atoms with van der Waals surface area (Å²) in [4.78, 5) is 4.32. The average Bonchev–Trinajstić information content (AvgIpc) is 2.15. The quantitative estimate of drug-likeness (QED) is 0.748. The number of nitrogens with zero attached hydrogens (tertiary/aromatic N) is 1. The zero-order chi connectivity index (χ0) is 10.2. The molecule has 0 radical (unpaired) electrons. The van der Waals surface area contributed by atoms with Gasteiger partial charge < -0.3 is 0 Å². The molecular weight excluding hydrogens is 266 g/mol. The first-order chi connectivity index (χ1) is 6.59. The second kappa shape index (κ2) is 3.33. The van der Waals surface area contributed by atoms with Crippen LogP contribution in [0.3, 0.4) is 0 Å². The van der Waals surface area contributed by atoms with Gasteiger partial charge in [-0.25, -0.2) is 8.42 Å². The molecule has 5 heteroatoms. The van der Waals surface area contributed by atoms with E-state index >= 15 is 0 Å². The van der Waals surface area contributed by atoms with E-state index in [1.807, 2.05) is 0 Å². The van der Waals surface area contributed by atoms with Crippen LogP contribution in [0.5, 0.6) is 0 Å². The fourth-order valence-corrected chi connectivity index (χ4v) is 2.81. The molecule has 72 valence electrons. The summed E-state index contributed by atoms with van der Waals surface area (Å²) in [7, 11) is -3.36. The Kier molecular flexibility index (Phi) is 2.28. The van der Waals surface area contributed by atoms with Crippen molar-refractivity contribution in [3.63, 3.8) is 0 Å². The number of halogens is 1. The van der Waals surface area contributed by atoms with Crippen molar-refractivity contribution in [1.29, 1.82) is 0 Å². The number of pyridine rings is 1. The minimum atomic E-state index is -3.36. The van der Waals surface area contributed by atoms with Crippen LogP contribution in [-0.4, -0.2) is 13.4 Å². The fraction of sp³-hybridized carbons (Fsp3) is 0. The molecule has 0 aliphatic rings. The average molecular weight is 272 g/mol. The van der Waals surface area contributed by atoms with E-state index < -0.39 is 8.27 Å². The van der Waals surface area contributed by atoms with E-state index in [1.54, 1.807) is 36.5 Å². The van der Waals surface area contributed by atoms with Gasteiger partial charge in [-0.15, -0.1) is 0 Å². The van der Waals surface area contributed by atoms with Crippen molar-refractivity contribution in [2.75, 3.05) is 0 Å². The predicted octanol–water partition coefficient (Wildman–Crippen LogP) is 2.32.